The summed E-state index contributed by atoms with van der Waals surface area (Å²) in [5, 5.41) is 3.13. The number of aryl methyl sites for hydroxylation is 1. The largest absolute Gasteiger partial charge is 0.352 e. The van der Waals surface area contributed by atoms with Crippen LogP contribution in [0, 0.1) is 13.8 Å². The number of amides is 3. The van der Waals surface area contributed by atoms with E-state index in [0.717, 1.165) is 24.1 Å². The molecule has 0 atom stereocenters. The molecule has 0 bridgehead atoms. The highest BCUT2D eigenvalue weighted by Gasteiger charge is 2.26. The molecule has 1 aromatic heterocycles. The molecule has 1 saturated carbocycles. The van der Waals surface area contributed by atoms with Crippen molar-refractivity contribution >= 4 is 11.9 Å². The minimum Gasteiger partial charge on any atom is -0.352 e. The first kappa shape index (κ1) is 17.8. The molecule has 25 heavy (non-hydrogen) atoms. The van der Waals surface area contributed by atoms with Crippen molar-refractivity contribution in [3.8, 4) is 0 Å². The maximum atomic E-state index is 12.6. The first-order valence-electron chi connectivity index (χ1n) is 9.40. The van der Waals surface area contributed by atoms with Gasteiger partial charge < -0.3 is 19.7 Å². The Morgan fingerprint density at radius 3 is 2.24 bits per heavy atom. The molecule has 3 amide bonds. The topological polar surface area (TPSA) is 57.6 Å². The van der Waals surface area contributed by atoms with Crippen molar-refractivity contribution in [1.29, 1.82) is 0 Å². The molecule has 2 aliphatic rings. The van der Waals surface area contributed by atoms with E-state index in [9.17, 15) is 9.59 Å². The molecular formula is C19H30N4O2. The quantitative estimate of drug-likeness (QED) is 0.910. The first-order chi connectivity index (χ1) is 12.0. The Morgan fingerprint density at radius 2 is 1.68 bits per heavy atom. The molecule has 0 radical (unpaired) electrons. The molecule has 1 aromatic rings. The third-order valence-corrected chi connectivity index (χ3v) is 5.82. The van der Waals surface area contributed by atoms with E-state index in [-0.39, 0.29) is 11.9 Å². The van der Waals surface area contributed by atoms with Gasteiger partial charge in [0.15, 0.2) is 0 Å². The van der Waals surface area contributed by atoms with Crippen LogP contribution >= 0.6 is 0 Å². The zero-order valence-corrected chi connectivity index (χ0v) is 15.7. The maximum Gasteiger partial charge on any atom is 0.317 e. The van der Waals surface area contributed by atoms with Crippen molar-refractivity contribution in [2.45, 2.75) is 52.0 Å². The highest BCUT2D eigenvalue weighted by atomic mass is 16.2. The van der Waals surface area contributed by atoms with Gasteiger partial charge in [0.25, 0.3) is 0 Å². The summed E-state index contributed by atoms with van der Waals surface area (Å²) in [4.78, 5) is 28.6. The van der Waals surface area contributed by atoms with Crippen LogP contribution in [-0.4, -0.2) is 58.5 Å². The summed E-state index contributed by atoms with van der Waals surface area (Å²) in [6, 6.07) is 2.48. The fourth-order valence-electron chi connectivity index (χ4n) is 3.88. The Balaban J connectivity index is 1.48. The Hall–Kier alpha value is -1.98. The maximum absolute atomic E-state index is 12.6. The molecule has 3 rings (SSSR count). The fourth-order valence-corrected chi connectivity index (χ4v) is 3.88. The predicted octanol–water partition coefficient (Wildman–Crippen LogP) is 1.98. The zero-order valence-electron chi connectivity index (χ0n) is 15.7. The lowest BCUT2D eigenvalue weighted by molar-refractivity contribution is -0.131. The number of aromatic nitrogens is 1. The molecular weight excluding hydrogens is 316 g/mol. The Morgan fingerprint density at radius 1 is 1.08 bits per heavy atom. The highest BCUT2D eigenvalue weighted by Crippen LogP contribution is 2.18. The molecule has 2 heterocycles. The van der Waals surface area contributed by atoms with Crippen LogP contribution < -0.4 is 5.32 Å². The van der Waals surface area contributed by atoms with Gasteiger partial charge in [-0.2, -0.15) is 0 Å². The number of carbonyl (C=O) groups is 2. The summed E-state index contributed by atoms with van der Waals surface area (Å²) >= 11 is 0. The standard InChI is InChI=1S/C19H30N4O2/c1-14-12-16(15(2)21(14)3)13-18(24)22-8-10-23(11-9-22)19(25)20-17-6-4-5-7-17/h12,17H,4-11,13H2,1-3H3,(H,20,25). The summed E-state index contributed by atoms with van der Waals surface area (Å²) in [5.74, 6) is 0.157. The van der Waals surface area contributed by atoms with Crippen LogP contribution in [0.3, 0.4) is 0 Å². The van der Waals surface area contributed by atoms with E-state index in [4.69, 9.17) is 0 Å². The molecule has 1 N–H and O–H groups in total. The van der Waals surface area contributed by atoms with Crippen LogP contribution in [0.15, 0.2) is 6.07 Å². The summed E-state index contributed by atoms with van der Waals surface area (Å²) in [5.41, 5.74) is 3.43. The van der Waals surface area contributed by atoms with Crippen LogP contribution in [0.2, 0.25) is 0 Å². The molecule has 1 aliphatic heterocycles. The highest BCUT2D eigenvalue weighted by molar-refractivity contribution is 5.80. The van der Waals surface area contributed by atoms with Crippen molar-refractivity contribution in [2.24, 2.45) is 7.05 Å². The SMILES string of the molecule is Cc1cc(CC(=O)N2CCN(C(=O)NC3CCCC3)CC2)c(C)n1C. The lowest BCUT2D eigenvalue weighted by Gasteiger charge is -2.35. The van der Waals surface area contributed by atoms with Gasteiger partial charge in [0.05, 0.1) is 6.42 Å². The van der Waals surface area contributed by atoms with Crippen LogP contribution in [-0.2, 0) is 18.3 Å². The molecule has 1 aliphatic carbocycles. The second kappa shape index (κ2) is 7.50. The Labute approximate surface area is 150 Å². The third kappa shape index (κ3) is 3.99. The van der Waals surface area contributed by atoms with E-state index in [2.05, 4.69) is 29.8 Å². The predicted molar refractivity (Wildman–Crippen MR) is 97.5 cm³/mol. The summed E-state index contributed by atoms with van der Waals surface area (Å²) in [7, 11) is 2.03. The average Bonchev–Trinajstić information content (AvgIpc) is 3.20. The summed E-state index contributed by atoms with van der Waals surface area (Å²) in [6.07, 6.45) is 5.07. The van der Waals surface area contributed by atoms with Crippen molar-refractivity contribution < 1.29 is 9.59 Å². The monoisotopic (exact) mass is 346 g/mol. The van der Waals surface area contributed by atoms with Crippen molar-refractivity contribution in [1.82, 2.24) is 19.7 Å². The lowest BCUT2D eigenvalue weighted by atomic mass is 10.1. The number of hydrogen-bond acceptors (Lipinski definition) is 2. The van der Waals surface area contributed by atoms with Gasteiger partial charge in [-0.05, 0) is 38.3 Å². The number of piperazine rings is 1. The molecule has 0 spiro atoms. The number of carbonyl (C=O) groups excluding carboxylic acids is 2. The molecule has 6 nitrogen and oxygen atoms in total. The van der Waals surface area contributed by atoms with E-state index in [0.29, 0.717) is 38.6 Å². The van der Waals surface area contributed by atoms with Gasteiger partial charge in [0.1, 0.15) is 0 Å². The molecule has 2 fully saturated rings. The number of nitrogens with zero attached hydrogens (tertiary/aromatic N) is 3. The van der Waals surface area contributed by atoms with Gasteiger partial charge in [0, 0.05) is 50.7 Å². The molecule has 1 saturated heterocycles. The Kier molecular flexibility index (Phi) is 5.35. The van der Waals surface area contributed by atoms with Crippen LogP contribution in [0.4, 0.5) is 4.79 Å². The average molecular weight is 346 g/mol. The van der Waals surface area contributed by atoms with Gasteiger partial charge in [-0.25, -0.2) is 4.79 Å². The first-order valence-corrected chi connectivity index (χ1v) is 9.40. The van der Waals surface area contributed by atoms with Crippen molar-refractivity contribution in [2.75, 3.05) is 26.2 Å². The number of hydrogen-bond donors (Lipinski definition) is 1. The van der Waals surface area contributed by atoms with Crippen LogP contribution in [0.5, 0.6) is 0 Å². The second-order valence-electron chi connectivity index (χ2n) is 7.43. The smallest absolute Gasteiger partial charge is 0.317 e. The fraction of sp³-hybridized carbons (Fsp3) is 0.684. The van der Waals surface area contributed by atoms with E-state index in [1.807, 2.05) is 16.8 Å². The molecule has 6 heteroatoms. The Bertz CT molecular complexity index is 638. The van der Waals surface area contributed by atoms with Gasteiger partial charge in [-0.3, -0.25) is 4.79 Å². The van der Waals surface area contributed by atoms with Crippen molar-refractivity contribution in [3.63, 3.8) is 0 Å². The minimum absolute atomic E-state index is 0.0357. The minimum atomic E-state index is 0.0357. The molecule has 0 aromatic carbocycles. The zero-order chi connectivity index (χ0) is 18.0. The van der Waals surface area contributed by atoms with Gasteiger partial charge >= 0.3 is 6.03 Å². The third-order valence-electron chi connectivity index (χ3n) is 5.82. The van der Waals surface area contributed by atoms with Gasteiger partial charge in [0.2, 0.25) is 5.91 Å². The van der Waals surface area contributed by atoms with Gasteiger partial charge in [-0.1, -0.05) is 12.8 Å². The van der Waals surface area contributed by atoms with E-state index in [1.165, 1.54) is 18.5 Å². The summed E-state index contributed by atoms with van der Waals surface area (Å²) < 4.78 is 2.12. The molecule has 0 unspecified atom stereocenters. The number of nitrogens with one attached hydrogen (secondary N) is 1. The normalized spacial score (nSPS) is 18.7. The van der Waals surface area contributed by atoms with E-state index < -0.39 is 0 Å². The van der Waals surface area contributed by atoms with E-state index in [1.54, 1.807) is 0 Å². The number of urea groups is 1. The van der Waals surface area contributed by atoms with Crippen LogP contribution in [0.25, 0.3) is 0 Å². The summed E-state index contributed by atoms with van der Waals surface area (Å²) in [6.45, 7) is 6.61. The lowest BCUT2D eigenvalue weighted by Crippen LogP contribution is -2.54. The van der Waals surface area contributed by atoms with Gasteiger partial charge in [-0.15, -0.1) is 0 Å². The van der Waals surface area contributed by atoms with E-state index >= 15 is 0 Å². The van der Waals surface area contributed by atoms with Crippen molar-refractivity contribution in [3.05, 3.63) is 23.0 Å². The molecule has 138 valence electrons. The number of rotatable bonds is 3. The second-order valence-corrected chi connectivity index (χ2v) is 7.43. The van der Waals surface area contributed by atoms with Crippen LogP contribution in [0.1, 0.15) is 42.6 Å².